The first-order valence-corrected chi connectivity index (χ1v) is 7.80. The number of aliphatic imine (C=N–C) groups is 1. The van der Waals surface area contributed by atoms with Crippen molar-refractivity contribution in [1.29, 1.82) is 0 Å². The second kappa shape index (κ2) is 7.43. The molecule has 3 nitrogen and oxygen atoms in total. The van der Waals surface area contributed by atoms with Gasteiger partial charge in [-0.1, -0.05) is 30.3 Å². The predicted molar refractivity (Wildman–Crippen MR) is 84.3 cm³/mol. The minimum atomic E-state index is 0.321. The van der Waals surface area contributed by atoms with Crippen LogP contribution in [0, 0.1) is 0 Å². The molecule has 5 heteroatoms. The molecule has 1 aromatic carbocycles. The molecule has 0 amide bonds. The molecule has 0 aromatic heterocycles. The molecule has 0 aliphatic heterocycles. The number of thioether (sulfide) groups is 1. The lowest BCUT2D eigenvalue weighted by molar-refractivity contribution is -0.499. The molecule has 0 radical (unpaired) electrons. The molecule has 3 N–H and O–H groups in total. The minimum absolute atomic E-state index is 0.321. The third kappa shape index (κ3) is 4.78. The van der Waals surface area contributed by atoms with Crippen LogP contribution in [0.1, 0.15) is 24.8 Å². The molecular weight excluding hydrogens is 274 g/mol. The van der Waals surface area contributed by atoms with E-state index in [1.165, 1.54) is 5.56 Å². The Morgan fingerprint density at radius 1 is 1.42 bits per heavy atom. The summed E-state index contributed by atoms with van der Waals surface area (Å²) in [6.07, 6.45) is 3.16. The maximum atomic E-state index is 6.02. The van der Waals surface area contributed by atoms with Crippen LogP contribution in [0.15, 0.2) is 35.3 Å². The van der Waals surface area contributed by atoms with Gasteiger partial charge in [0.2, 0.25) is 0 Å². The van der Waals surface area contributed by atoms with Gasteiger partial charge in [-0.3, -0.25) is 10.7 Å². The standard InChI is InChI=1S/C14H17N3S2/c15-14(19-9-11-4-2-1-3-5-11)17-13-7-6-12(8-13)16-10-18/h1-5,12-13H,6-9H2,(H2,15,17)/p+1. The Morgan fingerprint density at radius 2 is 2.21 bits per heavy atom. The highest BCUT2D eigenvalue weighted by Crippen LogP contribution is 2.19. The highest BCUT2D eigenvalue weighted by atomic mass is 32.2. The number of nitrogens with zero attached hydrogens (tertiary/aromatic N) is 1. The maximum absolute atomic E-state index is 6.02. The van der Waals surface area contributed by atoms with Crippen LogP contribution in [0.3, 0.4) is 0 Å². The zero-order chi connectivity index (χ0) is 13.5. The van der Waals surface area contributed by atoms with Crippen LogP contribution in [0.5, 0.6) is 0 Å². The summed E-state index contributed by atoms with van der Waals surface area (Å²) in [6.45, 7) is 0. The van der Waals surface area contributed by atoms with Crippen molar-refractivity contribution in [3.63, 3.8) is 0 Å². The molecule has 100 valence electrons. The average Bonchev–Trinajstić information content (AvgIpc) is 2.85. The molecule has 1 aromatic rings. The van der Waals surface area contributed by atoms with Crippen LogP contribution in [0.2, 0.25) is 0 Å². The molecule has 2 rings (SSSR count). The summed E-state index contributed by atoms with van der Waals surface area (Å²) in [4.78, 5) is 7.52. The van der Waals surface area contributed by atoms with Crippen molar-refractivity contribution in [2.75, 3.05) is 0 Å². The van der Waals surface area contributed by atoms with Crippen LogP contribution in [-0.4, -0.2) is 22.4 Å². The number of isothiocyanates is 1. The van der Waals surface area contributed by atoms with E-state index in [4.69, 9.17) is 5.73 Å². The number of hydrogen-bond donors (Lipinski definition) is 2. The first-order valence-electron chi connectivity index (χ1n) is 6.40. The molecule has 0 heterocycles. The number of nitrogens with one attached hydrogen (secondary N) is 1. The van der Waals surface area contributed by atoms with E-state index in [-0.39, 0.29) is 0 Å². The van der Waals surface area contributed by atoms with Crippen LogP contribution in [0.4, 0.5) is 0 Å². The number of benzene rings is 1. The Morgan fingerprint density at radius 3 is 2.95 bits per heavy atom. The van der Waals surface area contributed by atoms with E-state index in [1.807, 2.05) is 18.2 Å². The molecule has 19 heavy (non-hydrogen) atoms. The Bertz CT molecular complexity index is 481. The van der Waals surface area contributed by atoms with Crippen LogP contribution in [0.25, 0.3) is 0 Å². The van der Waals surface area contributed by atoms with Gasteiger partial charge in [0, 0.05) is 12.2 Å². The fourth-order valence-electron chi connectivity index (χ4n) is 2.26. The van der Waals surface area contributed by atoms with E-state index in [9.17, 15) is 0 Å². The normalized spacial score (nSPS) is 23.1. The Labute approximate surface area is 123 Å². The zero-order valence-corrected chi connectivity index (χ0v) is 12.3. The number of thiocarbonyl (C=S) groups is 1. The van der Waals surface area contributed by atoms with Crippen LogP contribution >= 0.6 is 24.0 Å². The molecule has 0 bridgehead atoms. The summed E-state index contributed by atoms with van der Waals surface area (Å²) in [7, 11) is 0. The van der Waals surface area contributed by atoms with Gasteiger partial charge in [-0.15, -0.1) is 0 Å². The van der Waals surface area contributed by atoms with E-state index in [0.717, 1.165) is 30.2 Å². The number of nitrogens with two attached hydrogens (primary N) is 1. The molecule has 0 spiro atoms. The molecule has 2 atom stereocenters. The van der Waals surface area contributed by atoms with Gasteiger partial charge >= 0.3 is 5.17 Å². The first-order chi connectivity index (χ1) is 9.28. The molecule has 1 saturated carbocycles. The molecule has 1 aliphatic carbocycles. The number of amidine groups is 1. The van der Waals surface area contributed by atoms with Gasteiger partial charge < -0.3 is 0 Å². The summed E-state index contributed by atoms with van der Waals surface area (Å²) in [6, 6.07) is 11.1. The summed E-state index contributed by atoms with van der Waals surface area (Å²) in [5, 5.41) is 3.26. The Kier molecular flexibility index (Phi) is 5.58. The second-order valence-corrected chi connectivity index (χ2v) is 5.87. The van der Waals surface area contributed by atoms with E-state index in [0.29, 0.717) is 12.1 Å². The van der Waals surface area contributed by atoms with Gasteiger partial charge in [0.15, 0.2) is 0 Å². The monoisotopic (exact) mass is 292 g/mol. The lowest BCUT2D eigenvalue weighted by Crippen LogP contribution is -2.80. The maximum Gasteiger partial charge on any atom is 0.302 e. The van der Waals surface area contributed by atoms with E-state index in [1.54, 1.807) is 11.8 Å². The van der Waals surface area contributed by atoms with Crippen molar-refractivity contribution >= 4 is 34.3 Å². The highest BCUT2D eigenvalue weighted by molar-refractivity contribution is 8.12. The Balaban J connectivity index is 1.81. The van der Waals surface area contributed by atoms with Crippen LogP contribution in [-0.2, 0) is 5.75 Å². The van der Waals surface area contributed by atoms with Crippen molar-refractivity contribution < 1.29 is 4.99 Å². The van der Waals surface area contributed by atoms with E-state index >= 15 is 0 Å². The summed E-state index contributed by atoms with van der Waals surface area (Å²) < 4.78 is 0. The van der Waals surface area contributed by atoms with Gasteiger partial charge in [0.1, 0.15) is 0 Å². The van der Waals surface area contributed by atoms with Crippen molar-refractivity contribution in [2.45, 2.75) is 37.1 Å². The summed E-state index contributed by atoms with van der Waals surface area (Å²) >= 11 is 6.29. The van der Waals surface area contributed by atoms with Gasteiger partial charge in [0.05, 0.1) is 17.2 Å². The number of rotatable bonds is 4. The van der Waals surface area contributed by atoms with Gasteiger partial charge in [-0.25, -0.2) is 4.99 Å². The SMILES string of the molecule is NC(=[NH+]C1CCC(N=C=S)C1)SCc1ccccc1. The quantitative estimate of drug-likeness (QED) is 0.500. The summed E-state index contributed by atoms with van der Waals surface area (Å²) in [5.41, 5.74) is 7.31. The molecule has 2 unspecified atom stereocenters. The van der Waals surface area contributed by atoms with Crippen molar-refractivity contribution in [3.8, 4) is 0 Å². The fraction of sp³-hybridized carbons (Fsp3) is 0.429. The van der Waals surface area contributed by atoms with Crippen LogP contribution < -0.4 is 10.7 Å². The summed E-state index contributed by atoms with van der Waals surface area (Å²) in [5.74, 6) is 0.897. The smallest absolute Gasteiger partial charge is 0.282 e. The Hall–Kier alpha value is -1.16. The second-order valence-electron chi connectivity index (χ2n) is 4.67. The number of hydrogen-bond acceptors (Lipinski definition) is 3. The average molecular weight is 292 g/mol. The topological polar surface area (TPSA) is 52.4 Å². The fourth-order valence-corrected chi connectivity index (χ4v) is 3.17. The van der Waals surface area contributed by atoms with Gasteiger partial charge in [-0.2, -0.15) is 0 Å². The lowest BCUT2D eigenvalue weighted by atomic mass is 10.2. The van der Waals surface area contributed by atoms with Crippen molar-refractivity contribution in [1.82, 2.24) is 0 Å². The predicted octanol–water partition coefficient (Wildman–Crippen LogP) is 1.34. The van der Waals surface area contributed by atoms with Crippen molar-refractivity contribution in [3.05, 3.63) is 35.9 Å². The molecule has 0 saturated heterocycles. The van der Waals surface area contributed by atoms with Gasteiger partial charge in [-0.05, 0) is 42.4 Å². The van der Waals surface area contributed by atoms with E-state index in [2.05, 4.69) is 39.5 Å². The molecule has 1 aliphatic rings. The molecular formula is C14H18N3S2+. The largest absolute Gasteiger partial charge is 0.302 e. The lowest BCUT2D eigenvalue weighted by Gasteiger charge is -2.02. The van der Waals surface area contributed by atoms with E-state index < -0.39 is 0 Å². The first kappa shape index (κ1) is 14.3. The molecule has 1 fully saturated rings. The van der Waals surface area contributed by atoms with Crippen molar-refractivity contribution in [2.24, 2.45) is 10.7 Å². The third-order valence-electron chi connectivity index (χ3n) is 3.22. The third-order valence-corrected chi connectivity index (χ3v) is 4.24. The zero-order valence-electron chi connectivity index (χ0n) is 10.7. The highest BCUT2D eigenvalue weighted by Gasteiger charge is 2.25. The van der Waals surface area contributed by atoms with Gasteiger partial charge in [0.25, 0.3) is 0 Å². The minimum Gasteiger partial charge on any atom is -0.282 e.